The summed E-state index contributed by atoms with van der Waals surface area (Å²) in [6, 6.07) is 3.41. The molecule has 102 valence electrons. The number of aromatic nitrogens is 1. The maximum atomic E-state index is 13.6. The molecular weight excluding hydrogens is 266 g/mol. The predicted molar refractivity (Wildman–Crippen MR) is 74.1 cm³/mol. The van der Waals surface area contributed by atoms with Crippen LogP contribution in [0.1, 0.15) is 25.6 Å². The van der Waals surface area contributed by atoms with Gasteiger partial charge in [0.1, 0.15) is 16.6 Å². The van der Waals surface area contributed by atoms with Gasteiger partial charge < -0.3 is 5.32 Å². The van der Waals surface area contributed by atoms with Gasteiger partial charge in [-0.05, 0) is 39.0 Å². The largest absolute Gasteiger partial charge is 0.307 e. The number of benzene rings is 1. The van der Waals surface area contributed by atoms with E-state index in [0.29, 0.717) is 11.6 Å². The van der Waals surface area contributed by atoms with Crippen molar-refractivity contribution in [3.05, 3.63) is 40.9 Å². The summed E-state index contributed by atoms with van der Waals surface area (Å²) in [6.45, 7) is 6.88. The Morgan fingerprint density at radius 1 is 1.26 bits per heavy atom. The van der Waals surface area contributed by atoms with E-state index in [-0.39, 0.29) is 11.1 Å². The lowest BCUT2D eigenvalue weighted by Crippen LogP contribution is -2.34. The Hall–Kier alpha value is -1.33. The fourth-order valence-electron chi connectivity index (χ4n) is 1.53. The smallest absolute Gasteiger partial charge is 0.133 e. The number of hydrogen-bond acceptors (Lipinski definition) is 3. The molecule has 2 nitrogen and oxygen atoms in total. The number of halogens is 2. The Morgan fingerprint density at radius 3 is 2.68 bits per heavy atom. The first kappa shape index (κ1) is 14.1. The highest BCUT2D eigenvalue weighted by Crippen LogP contribution is 2.28. The van der Waals surface area contributed by atoms with Gasteiger partial charge in [-0.2, -0.15) is 0 Å². The summed E-state index contributed by atoms with van der Waals surface area (Å²) >= 11 is 1.37. The van der Waals surface area contributed by atoms with Crippen molar-refractivity contribution < 1.29 is 8.78 Å². The molecule has 0 fully saturated rings. The highest BCUT2D eigenvalue weighted by atomic mass is 32.1. The third kappa shape index (κ3) is 3.81. The van der Waals surface area contributed by atoms with Gasteiger partial charge in [0.05, 0.1) is 0 Å². The first-order chi connectivity index (χ1) is 8.85. The molecule has 0 amide bonds. The summed E-state index contributed by atoms with van der Waals surface area (Å²) in [4.78, 5) is 5.15. The highest BCUT2D eigenvalue weighted by Gasteiger charge is 2.13. The first-order valence-corrected chi connectivity index (χ1v) is 6.82. The average Bonchev–Trinajstić information content (AvgIpc) is 2.77. The van der Waals surface area contributed by atoms with Crippen LogP contribution in [-0.4, -0.2) is 10.5 Å². The molecule has 19 heavy (non-hydrogen) atoms. The lowest BCUT2D eigenvalue weighted by Gasteiger charge is -2.19. The minimum Gasteiger partial charge on any atom is -0.307 e. The van der Waals surface area contributed by atoms with Gasteiger partial charge in [0.15, 0.2) is 0 Å². The van der Waals surface area contributed by atoms with E-state index in [9.17, 15) is 8.78 Å². The molecule has 1 heterocycles. The van der Waals surface area contributed by atoms with E-state index < -0.39 is 11.6 Å². The molecule has 0 aliphatic rings. The monoisotopic (exact) mass is 282 g/mol. The second-order valence-corrected chi connectivity index (χ2v) is 6.47. The lowest BCUT2D eigenvalue weighted by molar-refractivity contribution is 0.426. The van der Waals surface area contributed by atoms with Gasteiger partial charge in [0.2, 0.25) is 0 Å². The van der Waals surface area contributed by atoms with Crippen molar-refractivity contribution in [2.24, 2.45) is 0 Å². The number of hydrogen-bond donors (Lipinski definition) is 1. The van der Waals surface area contributed by atoms with E-state index in [1.807, 2.05) is 0 Å². The number of thiazole rings is 1. The van der Waals surface area contributed by atoms with Gasteiger partial charge in [0.25, 0.3) is 0 Å². The van der Waals surface area contributed by atoms with Crippen LogP contribution in [0.2, 0.25) is 0 Å². The van der Waals surface area contributed by atoms with Crippen molar-refractivity contribution in [3.63, 3.8) is 0 Å². The summed E-state index contributed by atoms with van der Waals surface area (Å²) in [5.41, 5.74) is 0.223. The molecule has 5 heteroatoms. The molecule has 0 radical (unpaired) electrons. The van der Waals surface area contributed by atoms with Crippen LogP contribution in [-0.2, 0) is 6.54 Å². The summed E-state index contributed by atoms with van der Waals surface area (Å²) in [5.74, 6) is -0.910. The number of rotatable bonds is 3. The van der Waals surface area contributed by atoms with Gasteiger partial charge in [-0.15, -0.1) is 11.3 Å². The van der Waals surface area contributed by atoms with Crippen LogP contribution in [0.25, 0.3) is 10.6 Å². The second-order valence-electron chi connectivity index (χ2n) is 5.36. The maximum Gasteiger partial charge on any atom is 0.133 e. The average molecular weight is 282 g/mol. The molecule has 0 atom stereocenters. The van der Waals surface area contributed by atoms with Gasteiger partial charge in [-0.25, -0.2) is 13.8 Å². The third-order valence-corrected chi connectivity index (χ3v) is 3.54. The van der Waals surface area contributed by atoms with Crippen LogP contribution in [0.3, 0.4) is 0 Å². The Kier molecular flexibility index (Phi) is 3.96. The van der Waals surface area contributed by atoms with Crippen molar-refractivity contribution in [3.8, 4) is 10.6 Å². The van der Waals surface area contributed by atoms with Crippen molar-refractivity contribution in [1.29, 1.82) is 0 Å². The predicted octanol–water partition coefficient (Wildman–Crippen LogP) is 3.98. The quantitative estimate of drug-likeness (QED) is 0.921. The Balaban J connectivity index is 2.19. The summed E-state index contributed by atoms with van der Waals surface area (Å²) < 4.78 is 26.8. The Morgan fingerprint density at radius 2 is 2.00 bits per heavy atom. The molecule has 2 aromatic rings. The van der Waals surface area contributed by atoms with E-state index in [1.165, 1.54) is 17.4 Å². The molecule has 0 bridgehead atoms. The zero-order valence-electron chi connectivity index (χ0n) is 11.1. The molecule has 1 aromatic carbocycles. The SMILES string of the molecule is CC(C)(C)NCc1cnc(-c2cc(F)ccc2F)s1. The van der Waals surface area contributed by atoms with Crippen LogP contribution >= 0.6 is 11.3 Å². The van der Waals surface area contributed by atoms with Crippen LogP contribution < -0.4 is 5.32 Å². The first-order valence-electron chi connectivity index (χ1n) is 6.00. The molecule has 0 spiro atoms. The van der Waals surface area contributed by atoms with Crippen molar-refractivity contribution in [2.45, 2.75) is 32.9 Å². The standard InChI is InChI=1S/C14H16F2N2S/c1-14(2,3)18-8-10-7-17-13(19-10)11-6-9(15)4-5-12(11)16/h4-7,18H,8H2,1-3H3. The zero-order chi connectivity index (χ0) is 14.0. The van der Waals surface area contributed by atoms with Crippen LogP contribution in [0, 0.1) is 11.6 Å². The van der Waals surface area contributed by atoms with E-state index in [1.54, 1.807) is 6.20 Å². The minimum atomic E-state index is -0.457. The van der Waals surface area contributed by atoms with Crippen molar-refractivity contribution in [1.82, 2.24) is 10.3 Å². The summed E-state index contributed by atoms with van der Waals surface area (Å²) in [6.07, 6.45) is 1.70. The third-order valence-electron chi connectivity index (χ3n) is 2.51. The van der Waals surface area contributed by atoms with Gasteiger partial charge in [-0.1, -0.05) is 0 Å². The lowest BCUT2D eigenvalue weighted by atomic mass is 10.1. The molecule has 1 aromatic heterocycles. The fourth-order valence-corrected chi connectivity index (χ4v) is 2.40. The maximum absolute atomic E-state index is 13.6. The van der Waals surface area contributed by atoms with Gasteiger partial charge >= 0.3 is 0 Å². The number of nitrogens with one attached hydrogen (secondary N) is 1. The number of nitrogens with zero attached hydrogens (tertiary/aromatic N) is 1. The highest BCUT2D eigenvalue weighted by molar-refractivity contribution is 7.15. The molecular formula is C14H16F2N2S. The van der Waals surface area contributed by atoms with Crippen LogP contribution in [0.15, 0.2) is 24.4 Å². The molecule has 0 unspecified atom stereocenters. The molecule has 0 saturated heterocycles. The molecule has 0 aliphatic heterocycles. The van der Waals surface area contributed by atoms with Crippen LogP contribution in [0.4, 0.5) is 8.78 Å². The van der Waals surface area contributed by atoms with E-state index in [0.717, 1.165) is 17.0 Å². The molecule has 2 rings (SSSR count). The molecule has 1 N–H and O–H groups in total. The summed E-state index contributed by atoms with van der Waals surface area (Å²) in [5, 5.41) is 3.83. The van der Waals surface area contributed by atoms with E-state index in [4.69, 9.17) is 0 Å². The van der Waals surface area contributed by atoms with Gasteiger partial charge in [0, 0.05) is 28.7 Å². The topological polar surface area (TPSA) is 24.9 Å². The minimum absolute atomic E-state index is 0.00819. The molecule has 0 saturated carbocycles. The van der Waals surface area contributed by atoms with Crippen molar-refractivity contribution in [2.75, 3.05) is 0 Å². The second kappa shape index (κ2) is 5.35. The summed E-state index contributed by atoms with van der Waals surface area (Å²) in [7, 11) is 0. The normalized spacial score (nSPS) is 11.8. The van der Waals surface area contributed by atoms with E-state index in [2.05, 4.69) is 31.1 Å². The zero-order valence-corrected chi connectivity index (χ0v) is 11.9. The molecule has 0 aliphatic carbocycles. The Bertz CT molecular complexity index is 573. The Labute approximate surface area is 115 Å². The van der Waals surface area contributed by atoms with Crippen molar-refractivity contribution >= 4 is 11.3 Å². The van der Waals surface area contributed by atoms with Crippen LogP contribution in [0.5, 0.6) is 0 Å². The van der Waals surface area contributed by atoms with Gasteiger partial charge in [-0.3, -0.25) is 0 Å². The van der Waals surface area contributed by atoms with E-state index >= 15 is 0 Å². The fraction of sp³-hybridized carbons (Fsp3) is 0.357.